The van der Waals surface area contributed by atoms with E-state index in [9.17, 15) is 4.79 Å². The van der Waals surface area contributed by atoms with E-state index in [1.54, 1.807) is 0 Å². The van der Waals surface area contributed by atoms with Crippen LogP contribution in [-0.4, -0.2) is 29.1 Å². The third-order valence-electron chi connectivity index (χ3n) is 2.77. The number of rotatable bonds is 3. The maximum Gasteiger partial charge on any atom is 0.307 e. The lowest BCUT2D eigenvalue weighted by Crippen LogP contribution is -2.22. The van der Waals surface area contributed by atoms with E-state index < -0.39 is 5.97 Å². The summed E-state index contributed by atoms with van der Waals surface area (Å²) in [5.41, 5.74) is 0.989. The highest BCUT2D eigenvalue weighted by atomic mass is 35.5. The largest absolute Gasteiger partial charge is 0.481 e. The van der Waals surface area contributed by atoms with Crippen LogP contribution in [0.3, 0.4) is 0 Å². The Morgan fingerprint density at radius 3 is 2.88 bits per heavy atom. The van der Waals surface area contributed by atoms with Crippen LogP contribution in [-0.2, 0) is 11.3 Å². The van der Waals surface area contributed by atoms with E-state index in [4.69, 9.17) is 28.3 Å². The van der Waals surface area contributed by atoms with E-state index in [0.29, 0.717) is 28.9 Å². The summed E-state index contributed by atoms with van der Waals surface area (Å²) in [6, 6.07) is 0. The fourth-order valence-electron chi connectivity index (χ4n) is 1.88. The van der Waals surface area contributed by atoms with Gasteiger partial charge in [0.25, 0.3) is 0 Å². The number of nitrogens with zero attached hydrogens (tertiary/aromatic N) is 1. The van der Waals surface area contributed by atoms with Crippen molar-refractivity contribution in [3.8, 4) is 0 Å². The van der Waals surface area contributed by atoms with Crippen molar-refractivity contribution < 1.29 is 9.90 Å². The molecule has 1 N–H and O–H groups in total. The van der Waals surface area contributed by atoms with Crippen molar-refractivity contribution in [2.75, 3.05) is 13.1 Å². The van der Waals surface area contributed by atoms with Gasteiger partial charge in [0.05, 0.1) is 10.9 Å². The molecule has 88 valence electrons. The monoisotopic (exact) mass is 279 g/mol. The minimum atomic E-state index is -0.711. The van der Waals surface area contributed by atoms with E-state index in [1.807, 2.05) is 5.38 Å². The third-order valence-corrected chi connectivity index (χ3v) is 4.68. The molecule has 0 aromatic carbocycles. The number of likely N-dealkylation sites (tertiary alicyclic amines) is 1. The molecule has 3 nitrogen and oxygen atoms in total. The smallest absolute Gasteiger partial charge is 0.307 e. The van der Waals surface area contributed by atoms with Gasteiger partial charge in [-0.25, -0.2) is 0 Å². The molecular formula is C10H11Cl2NO2S. The number of carboxylic acids is 1. The lowest BCUT2D eigenvalue weighted by molar-refractivity contribution is -0.141. The highest BCUT2D eigenvalue weighted by molar-refractivity contribution is 7.15. The Kier molecular flexibility index (Phi) is 3.74. The maximum atomic E-state index is 10.8. The summed E-state index contributed by atoms with van der Waals surface area (Å²) in [7, 11) is 0. The van der Waals surface area contributed by atoms with Crippen LogP contribution in [0.1, 0.15) is 12.0 Å². The molecule has 2 heterocycles. The number of carbonyl (C=O) groups is 1. The van der Waals surface area contributed by atoms with Crippen molar-refractivity contribution in [1.29, 1.82) is 0 Å². The van der Waals surface area contributed by atoms with E-state index in [2.05, 4.69) is 4.90 Å². The molecule has 1 aromatic rings. The topological polar surface area (TPSA) is 40.5 Å². The zero-order valence-corrected chi connectivity index (χ0v) is 10.8. The Labute approximate surface area is 108 Å². The number of thiophene rings is 1. The second-order valence-corrected chi connectivity index (χ2v) is 5.77. The fourth-order valence-corrected chi connectivity index (χ4v) is 3.12. The van der Waals surface area contributed by atoms with Crippen molar-refractivity contribution >= 4 is 40.5 Å². The Morgan fingerprint density at radius 2 is 2.38 bits per heavy atom. The van der Waals surface area contributed by atoms with Gasteiger partial charge >= 0.3 is 5.97 Å². The average Bonchev–Trinajstić information content (AvgIpc) is 2.81. The van der Waals surface area contributed by atoms with Gasteiger partial charge < -0.3 is 5.11 Å². The predicted octanol–water partition coefficient (Wildman–Crippen LogP) is 2.96. The summed E-state index contributed by atoms with van der Waals surface area (Å²) < 4.78 is 0.602. The SMILES string of the molecule is O=C(O)C1CCN(Cc2csc(Cl)c2Cl)C1. The molecule has 6 heteroatoms. The first-order chi connectivity index (χ1) is 7.58. The van der Waals surface area contributed by atoms with Crippen molar-refractivity contribution in [2.45, 2.75) is 13.0 Å². The maximum absolute atomic E-state index is 10.8. The zero-order valence-electron chi connectivity index (χ0n) is 8.45. The Morgan fingerprint density at radius 1 is 1.62 bits per heavy atom. The summed E-state index contributed by atoms with van der Waals surface area (Å²) in [4.78, 5) is 12.9. The zero-order chi connectivity index (χ0) is 11.7. The molecule has 0 bridgehead atoms. The van der Waals surface area contributed by atoms with Gasteiger partial charge in [-0.2, -0.15) is 0 Å². The number of hydrogen-bond donors (Lipinski definition) is 1. The lowest BCUT2D eigenvalue weighted by Gasteiger charge is -2.14. The number of aliphatic carboxylic acids is 1. The van der Waals surface area contributed by atoms with Gasteiger partial charge in [-0.3, -0.25) is 9.69 Å². The van der Waals surface area contributed by atoms with Gasteiger partial charge in [0.2, 0.25) is 0 Å². The molecule has 1 aliphatic rings. The van der Waals surface area contributed by atoms with Crippen molar-refractivity contribution in [1.82, 2.24) is 4.90 Å². The van der Waals surface area contributed by atoms with Gasteiger partial charge in [-0.1, -0.05) is 23.2 Å². The second-order valence-electron chi connectivity index (χ2n) is 3.91. The van der Waals surface area contributed by atoms with Crippen molar-refractivity contribution in [3.63, 3.8) is 0 Å². The third kappa shape index (κ3) is 2.51. The second kappa shape index (κ2) is 4.92. The van der Waals surface area contributed by atoms with Gasteiger partial charge in [-0.05, 0) is 23.9 Å². The number of halogens is 2. The summed E-state index contributed by atoms with van der Waals surface area (Å²) in [6.45, 7) is 2.09. The average molecular weight is 280 g/mol. The predicted molar refractivity (Wildman–Crippen MR) is 65.4 cm³/mol. The molecule has 0 radical (unpaired) electrons. The van der Waals surface area contributed by atoms with Crippen LogP contribution in [0.5, 0.6) is 0 Å². The minimum absolute atomic E-state index is 0.243. The molecule has 0 amide bonds. The number of carboxylic acid groups (broad SMARTS) is 1. The van der Waals surface area contributed by atoms with E-state index in [0.717, 1.165) is 12.1 Å². The molecule has 16 heavy (non-hydrogen) atoms. The molecule has 0 spiro atoms. The van der Waals surface area contributed by atoms with E-state index >= 15 is 0 Å². The van der Waals surface area contributed by atoms with Crippen LogP contribution in [0, 0.1) is 5.92 Å². The van der Waals surface area contributed by atoms with Gasteiger partial charge in [0.15, 0.2) is 0 Å². The van der Waals surface area contributed by atoms with Crippen LogP contribution in [0.2, 0.25) is 9.36 Å². The molecule has 0 aliphatic carbocycles. The minimum Gasteiger partial charge on any atom is -0.481 e. The van der Waals surface area contributed by atoms with Crippen LogP contribution in [0.25, 0.3) is 0 Å². The number of hydrogen-bond acceptors (Lipinski definition) is 3. The molecule has 1 aliphatic heterocycles. The molecule has 1 atom stereocenters. The van der Waals surface area contributed by atoms with E-state index in [1.165, 1.54) is 11.3 Å². The van der Waals surface area contributed by atoms with Crippen molar-refractivity contribution in [2.24, 2.45) is 5.92 Å². The first-order valence-corrected chi connectivity index (χ1v) is 6.58. The Bertz CT molecular complexity index is 408. The highest BCUT2D eigenvalue weighted by Gasteiger charge is 2.28. The molecule has 1 aromatic heterocycles. The van der Waals surface area contributed by atoms with E-state index in [-0.39, 0.29) is 5.92 Å². The van der Waals surface area contributed by atoms with Crippen LogP contribution in [0.4, 0.5) is 0 Å². The van der Waals surface area contributed by atoms with Gasteiger partial charge in [0.1, 0.15) is 4.34 Å². The molecule has 0 saturated carbocycles. The van der Waals surface area contributed by atoms with Crippen LogP contribution >= 0.6 is 34.5 Å². The summed E-state index contributed by atoms with van der Waals surface area (Å²) in [6.07, 6.45) is 0.713. The standard InChI is InChI=1S/C10H11Cl2NO2S/c11-8-7(5-16-9(8)12)4-13-2-1-6(3-13)10(14)15/h5-6H,1-4H2,(H,14,15). The normalized spacial score (nSPS) is 21.5. The lowest BCUT2D eigenvalue weighted by atomic mass is 10.1. The summed E-state index contributed by atoms with van der Waals surface area (Å²) in [5, 5.41) is 11.4. The highest BCUT2D eigenvalue weighted by Crippen LogP contribution is 2.33. The Balaban J connectivity index is 1.97. The van der Waals surface area contributed by atoms with Gasteiger partial charge in [-0.15, -0.1) is 11.3 Å². The molecule has 2 rings (SSSR count). The molecule has 1 unspecified atom stereocenters. The fraction of sp³-hybridized carbons (Fsp3) is 0.500. The molecule has 1 fully saturated rings. The van der Waals surface area contributed by atoms with Gasteiger partial charge in [0, 0.05) is 13.1 Å². The van der Waals surface area contributed by atoms with Crippen molar-refractivity contribution in [3.05, 3.63) is 20.3 Å². The first-order valence-electron chi connectivity index (χ1n) is 4.94. The first kappa shape index (κ1) is 12.2. The summed E-state index contributed by atoms with van der Waals surface area (Å²) in [5.74, 6) is -0.954. The quantitative estimate of drug-likeness (QED) is 0.925. The molecular weight excluding hydrogens is 269 g/mol. The molecule has 1 saturated heterocycles. The van der Waals surface area contributed by atoms with Crippen LogP contribution < -0.4 is 0 Å². The Hall–Kier alpha value is -0.290. The van der Waals surface area contributed by atoms with Crippen LogP contribution in [0.15, 0.2) is 5.38 Å². The summed E-state index contributed by atoms with van der Waals surface area (Å²) >= 11 is 13.3.